The molecule has 0 saturated heterocycles. The summed E-state index contributed by atoms with van der Waals surface area (Å²) >= 11 is 0. The number of carbonyl (C=O) groups is 1. The molecule has 106 valence electrons. The van der Waals surface area contributed by atoms with Gasteiger partial charge in [-0.2, -0.15) is 0 Å². The molecule has 0 radical (unpaired) electrons. The van der Waals surface area contributed by atoms with E-state index in [2.05, 4.69) is 0 Å². The van der Waals surface area contributed by atoms with E-state index >= 15 is 0 Å². The Hall–Kier alpha value is -1.59. The first kappa shape index (κ1) is 15.5. The number of aromatic carboxylic acids is 1. The van der Waals surface area contributed by atoms with E-state index in [9.17, 15) is 9.90 Å². The van der Waals surface area contributed by atoms with Crippen LogP contribution in [0.4, 0.5) is 0 Å². The number of rotatable bonds is 7. The third kappa shape index (κ3) is 4.89. The van der Waals surface area contributed by atoms with Gasteiger partial charge in [-0.3, -0.25) is 0 Å². The number of carboxylic acid groups (broad SMARTS) is 1. The molecule has 1 aromatic carbocycles. The summed E-state index contributed by atoms with van der Waals surface area (Å²) in [6, 6.07) is 4.81. The second-order valence-electron chi connectivity index (χ2n) is 4.58. The fourth-order valence-electron chi connectivity index (χ4n) is 1.54. The Bertz CT molecular complexity index is 428. The molecule has 0 fully saturated rings. The largest absolute Gasteiger partial charge is 0.491 e. The minimum Gasteiger partial charge on any atom is -0.491 e. The zero-order valence-corrected chi connectivity index (χ0v) is 11.4. The third-order valence-corrected chi connectivity index (χ3v) is 2.57. The van der Waals surface area contributed by atoms with Crippen LogP contribution >= 0.6 is 0 Å². The van der Waals surface area contributed by atoms with Crippen molar-refractivity contribution in [1.82, 2.24) is 0 Å². The average Bonchev–Trinajstić information content (AvgIpc) is 2.34. The molecule has 5 heteroatoms. The first-order chi connectivity index (χ1) is 8.91. The van der Waals surface area contributed by atoms with Gasteiger partial charge < -0.3 is 19.7 Å². The van der Waals surface area contributed by atoms with Gasteiger partial charge in [0.05, 0.1) is 18.3 Å². The smallest absolute Gasteiger partial charge is 0.336 e. The van der Waals surface area contributed by atoms with Gasteiger partial charge in [0, 0.05) is 5.56 Å². The predicted molar refractivity (Wildman–Crippen MR) is 70.7 cm³/mol. The summed E-state index contributed by atoms with van der Waals surface area (Å²) in [5, 5.41) is 18.7. The van der Waals surface area contributed by atoms with Crippen molar-refractivity contribution >= 4 is 5.97 Å². The first-order valence-corrected chi connectivity index (χ1v) is 6.17. The van der Waals surface area contributed by atoms with Crippen LogP contribution in [0, 0.1) is 6.92 Å². The molecular formula is C14H20O5. The number of hydrogen-bond donors (Lipinski definition) is 2. The Kier molecular flexibility index (Phi) is 5.79. The lowest BCUT2D eigenvalue weighted by Gasteiger charge is -2.16. The molecular weight excluding hydrogens is 248 g/mol. The average molecular weight is 268 g/mol. The number of aliphatic hydroxyl groups is 1. The summed E-state index contributed by atoms with van der Waals surface area (Å²) in [5.41, 5.74) is 0.748. The predicted octanol–water partition coefficient (Wildman–Crippen LogP) is 1.86. The molecule has 0 spiro atoms. The Morgan fingerprint density at radius 1 is 1.32 bits per heavy atom. The van der Waals surface area contributed by atoms with Gasteiger partial charge in [-0.05, 0) is 32.9 Å². The number of carboxylic acids is 1. The number of hydrogen-bond acceptors (Lipinski definition) is 4. The van der Waals surface area contributed by atoms with Crippen molar-refractivity contribution in [2.45, 2.75) is 33.0 Å². The van der Waals surface area contributed by atoms with Gasteiger partial charge in [-0.1, -0.05) is 6.07 Å². The fourth-order valence-corrected chi connectivity index (χ4v) is 1.54. The zero-order valence-electron chi connectivity index (χ0n) is 11.4. The molecule has 0 bridgehead atoms. The van der Waals surface area contributed by atoms with Crippen molar-refractivity contribution in [2.24, 2.45) is 0 Å². The summed E-state index contributed by atoms with van der Waals surface area (Å²) in [7, 11) is 0. The summed E-state index contributed by atoms with van der Waals surface area (Å²) < 4.78 is 10.7. The molecule has 0 aromatic heterocycles. The minimum atomic E-state index is -0.994. The van der Waals surface area contributed by atoms with Gasteiger partial charge >= 0.3 is 5.97 Å². The van der Waals surface area contributed by atoms with E-state index in [0.717, 1.165) is 0 Å². The fraction of sp³-hybridized carbons (Fsp3) is 0.500. The van der Waals surface area contributed by atoms with Gasteiger partial charge in [0.2, 0.25) is 0 Å². The molecule has 19 heavy (non-hydrogen) atoms. The molecule has 1 atom stereocenters. The third-order valence-electron chi connectivity index (χ3n) is 2.57. The molecule has 0 aliphatic heterocycles. The molecule has 0 aliphatic rings. The highest BCUT2D eigenvalue weighted by Crippen LogP contribution is 2.21. The molecule has 1 aromatic rings. The lowest BCUT2D eigenvalue weighted by atomic mass is 10.1. The summed E-state index contributed by atoms with van der Waals surface area (Å²) in [4.78, 5) is 11.0. The van der Waals surface area contributed by atoms with Crippen LogP contribution in [-0.4, -0.2) is 41.6 Å². The van der Waals surface area contributed by atoms with Crippen molar-refractivity contribution in [3.05, 3.63) is 29.3 Å². The van der Waals surface area contributed by atoms with Gasteiger partial charge in [0.1, 0.15) is 18.5 Å². The first-order valence-electron chi connectivity index (χ1n) is 6.17. The van der Waals surface area contributed by atoms with E-state index < -0.39 is 12.1 Å². The molecule has 0 saturated carbocycles. The Morgan fingerprint density at radius 2 is 2.00 bits per heavy atom. The van der Waals surface area contributed by atoms with Crippen LogP contribution in [0.5, 0.6) is 5.75 Å². The highest BCUT2D eigenvalue weighted by molar-refractivity contribution is 5.90. The lowest BCUT2D eigenvalue weighted by Crippen LogP contribution is -2.25. The van der Waals surface area contributed by atoms with E-state index in [0.29, 0.717) is 11.3 Å². The van der Waals surface area contributed by atoms with Crippen molar-refractivity contribution in [3.63, 3.8) is 0 Å². The monoisotopic (exact) mass is 268 g/mol. The molecule has 1 unspecified atom stereocenters. The van der Waals surface area contributed by atoms with Crippen molar-refractivity contribution < 1.29 is 24.5 Å². The number of benzene rings is 1. The zero-order chi connectivity index (χ0) is 14.4. The second kappa shape index (κ2) is 7.11. The molecule has 0 heterocycles. The lowest BCUT2D eigenvalue weighted by molar-refractivity contribution is -0.0123. The van der Waals surface area contributed by atoms with Gasteiger partial charge in [0.25, 0.3) is 0 Å². The second-order valence-corrected chi connectivity index (χ2v) is 4.58. The molecule has 1 rings (SSSR count). The summed E-state index contributed by atoms with van der Waals surface area (Å²) in [6.45, 7) is 5.70. The van der Waals surface area contributed by atoms with Gasteiger partial charge in [0.15, 0.2) is 0 Å². The molecule has 0 amide bonds. The van der Waals surface area contributed by atoms with Crippen LogP contribution in [0.15, 0.2) is 18.2 Å². The number of ether oxygens (including phenoxy) is 2. The van der Waals surface area contributed by atoms with Crippen molar-refractivity contribution in [1.29, 1.82) is 0 Å². The Balaban J connectivity index is 2.58. The van der Waals surface area contributed by atoms with Crippen molar-refractivity contribution in [3.8, 4) is 5.75 Å². The maximum atomic E-state index is 11.0. The maximum Gasteiger partial charge on any atom is 0.336 e. The molecule has 0 aliphatic carbocycles. The van der Waals surface area contributed by atoms with E-state index in [-0.39, 0.29) is 24.9 Å². The Labute approximate surface area is 112 Å². The number of aliphatic hydroxyl groups excluding tert-OH is 1. The van der Waals surface area contributed by atoms with Crippen LogP contribution < -0.4 is 4.74 Å². The molecule has 5 nitrogen and oxygen atoms in total. The van der Waals surface area contributed by atoms with Crippen LogP contribution in [0.2, 0.25) is 0 Å². The SMILES string of the molecule is Cc1c(OCC(O)COC(C)C)cccc1C(=O)O. The van der Waals surface area contributed by atoms with Gasteiger partial charge in [-0.15, -0.1) is 0 Å². The molecule has 2 N–H and O–H groups in total. The Morgan fingerprint density at radius 3 is 2.58 bits per heavy atom. The maximum absolute atomic E-state index is 11.0. The summed E-state index contributed by atoms with van der Waals surface area (Å²) in [5.74, 6) is -0.532. The van der Waals surface area contributed by atoms with E-state index in [1.807, 2.05) is 13.8 Å². The quantitative estimate of drug-likeness (QED) is 0.789. The van der Waals surface area contributed by atoms with Crippen LogP contribution in [0.1, 0.15) is 29.8 Å². The van der Waals surface area contributed by atoms with Crippen LogP contribution in [0.3, 0.4) is 0 Å². The van der Waals surface area contributed by atoms with E-state index in [1.54, 1.807) is 19.1 Å². The minimum absolute atomic E-state index is 0.0479. The normalized spacial score (nSPS) is 12.5. The highest BCUT2D eigenvalue weighted by Gasteiger charge is 2.12. The van der Waals surface area contributed by atoms with E-state index in [1.165, 1.54) is 6.07 Å². The topological polar surface area (TPSA) is 76.0 Å². The van der Waals surface area contributed by atoms with Crippen LogP contribution in [-0.2, 0) is 4.74 Å². The summed E-state index contributed by atoms with van der Waals surface area (Å²) in [6.07, 6.45) is -0.693. The van der Waals surface area contributed by atoms with Crippen molar-refractivity contribution in [2.75, 3.05) is 13.2 Å². The van der Waals surface area contributed by atoms with E-state index in [4.69, 9.17) is 14.6 Å². The van der Waals surface area contributed by atoms with Crippen LogP contribution in [0.25, 0.3) is 0 Å². The van der Waals surface area contributed by atoms with Gasteiger partial charge in [-0.25, -0.2) is 4.79 Å². The standard InChI is InChI=1S/C14H20O5/c1-9(2)18-7-11(15)8-19-13-6-4-5-12(10(13)3)14(16)17/h4-6,9,11,15H,7-8H2,1-3H3,(H,16,17). The highest BCUT2D eigenvalue weighted by atomic mass is 16.5.